The Balaban J connectivity index is 2.42. The average Bonchev–Trinajstić information content (AvgIpc) is 2.15. The van der Waals surface area contributed by atoms with Crippen LogP contribution in [0.5, 0.6) is 0 Å². The van der Waals surface area contributed by atoms with Crippen LogP contribution in [0, 0.1) is 5.92 Å². The third kappa shape index (κ3) is 2.06. The molecule has 1 aromatic rings. The molecule has 0 aliphatic heterocycles. The van der Waals surface area contributed by atoms with E-state index >= 15 is 0 Å². The standard InChI is InChI=1S/C12H11F3/c1-8-2-3-10-7-11(12(13,14)15)5-4-9(10)6-8/h2-5,7-8H,6H2,1H3. The summed E-state index contributed by atoms with van der Waals surface area (Å²) in [5.41, 5.74) is 1.13. The van der Waals surface area contributed by atoms with Crippen LogP contribution in [-0.4, -0.2) is 0 Å². The number of allylic oxidation sites excluding steroid dienone is 1. The van der Waals surface area contributed by atoms with Gasteiger partial charge in [0.25, 0.3) is 0 Å². The first-order chi connectivity index (χ1) is 6.97. The second-order valence-corrected chi connectivity index (χ2v) is 3.95. The maximum Gasteiger partial charge on any atom is 0.416 e. The van der Waals surface area contributed by atoms with Crippen LogP contribution in [0.1, 0.15) is 23.6 Å². The van der Waals surface area contributed by atoms with E-state index in [1.54, 1.807) is 12.1 Å². The molecule has 2 rings (SSSR count). The summed E-state index contributed by atoms with van der Waals surface area (Å²) < 4.78 is 37.2. The number of hydrogen-bond donors (Lipinski definition) is 0. The van der Waals surface area contributed by atoms with Gasteiger partial charge in [0, 0.05) is 0 Å². The van der Waals surface area contributed by atoms with Gasteiger partial charge < -0.3 is 0 Å². The van der Waals surface area contributed by atoms with Crippen LogP contribution in [0.25, 0.3) is 6.08 Å². The summed E-state index contributed by atoms with van der Waals surface area (Å²) in [7, 11) is 0. The van der Waals surface area contributed by atoms with Crippen LogP contribution in [0.4, 0.5) is 13.2 Å². The minimum absolute atomic E-state index is 0.411. The summed E-state index contributed by atoms with van der Waals surface area (Å²) in [5.74, 6) is 0.411. The third-order valence-corrected chi connectivity index (χ3v) is 2.62. The van der Waals surface area contributed by atoms with Gasteiger partial charge in [0.05, 0.1) is 5.56 Å². The molecule has 0 nitrogen and oxygen atoms in total. The van der Waals surface area contributed by atoms with Gasteiger partial charge in [-0.15, -0.1) is 0 Å². The number of halogens is 3. The van der Waals surface area contributed by atoms with E-state index in [2.05, 4.69) is 6.92 Å². The molecule has 1 atom stereocenters. The van der Waals surface area contributed by atoms with Gasteiger partial charge in [0.2, 0.25) is 0 Å². The molecule has 3 heteroatoms. The minimum Gasteiger partial charge on any atom is -0.166 e. The van der Waals surface area contributed by atoms with Crippen molar-refractivity contribution in [3.8, 4) is 0 Å². The second kappa shape index (κ2) is 3.40. The quantitative estimate of drug-likeness (QED) is 0.611. The molecule has 1 aliphatic carbocycles. The summed E-state index contributed by atoms with van der Waals surface area (Å²) in [4.78, 5) is 0. The highest BCUT2D eigenvalue weighted by Crippen LogP contribution is 2.32. The Hall–Kier alpha value is -1.25. The van der Waals surface area contributed by atoms with Crippen LogP contribution < -0.4 is 0 Å². The zero-order valence-corrected chi connectivity index (χ0v) is 8.31. The van der Waals surface area contributed by atoms with E-state index in [0.717, 1.165) is 18.1 Å². The van der Waals surface area contributed by atoms with Crippen molar-refractivity contribution in [2.75, 3.05) is 0 Å². The number of hydrogen-bond acceptors (Lipinski definition) is 0. The monoisotopic (exact) mass is 212 g/mol. The van der Waals surface area contributed by atoms with Crippen LogP contribution in [0.2, 0.25) is 0 Å². The fourth-order valence-electron chi connectivity index (χ4n) is 1.80. The fourth-order valence-corrected chi connectivity index (χ4v) is 1.80. The summed E-state index contributed by atoms with van der Waals surface area (Å²) in [6.45, 7) is 2.05. The Kier molecular flexibility index (Phi) is 2.33. The highest BCUT2D eigenvalue weighted by Gasteiger charge is 2.31. The summed E-state index contributed by atoms with van der Waals surface area (Å²) in [6.07, 6.45) is 0.303. The molecule has 1 aromatic carbocycles. The average molecular weight is 212 g/mol. The number of alkyl halides is 3. The van der Waals surface area contributed by atoms with Crippen LogP contribution >= 0.6 is 0 Å². The lowest BCUT2D eigenvalue weighted by Gasteiger charge is -2.17. The largest absolute Gasteiger partial charge is 0.416 e. The molecule has 0 amide bonds. The molecular weight excluding hydrogens is 201 g/mol. The molecule has 0 aromatic heterocycles. The van der Waals surface area contributed by atoms with Crippen LogP contribution in [-0.2, 0) is 12.6 Å². The highest BCUT2D eigenvalue weighted by molar-refractivity contribution is 5.58. The van der Waals surface area contributed by atoms with Crippen molar-refractivity contribution in [3.63, 3.8) is 0 Å². The predicted molar refractivity (Wildman–Crippen MR) is 53.3 cm³/mol. The molecule has 80 valence electrons. The van der Waals surface area contributed by atoms with Crippen molar-refractivity contribution in [2.24, 2.45) is 5.92 Å². The smallest absolute Gasteiger partial charge is 0.166 e. The highest BCUT2D eigenvalue weighted by atomic mass is 19.4. The van der Waals surface area contributed by atoms with Crippen molar-refractivity contribution < 1.29 is 13.2 Å². The number of fused-ring (bicyclic) bond motifs is 1. The van der Waals surface area contributed by atoms with E-state index in [0.29, 0.717) is 11.5 Å². The molecule has 1 aliphatic rings. The van der Waals surface area contributed by atoms with Crippen LogP contribution in [0.3, 0.4) is 0 Å². The minimum atomic E-state index is -4.24. The van der Waals surface area contributed by atoms with Gasteiger partial charge in [-0.05, 0) is 35.6 Å². The Morgan fingerprint density at radius 2 is 2.00 bits per heavy atom. The molecule has 1 unspecified atom stereocenters. The molecule has 0 fully saturated rings. The first kappa shape index (κ1) is 10.3. The van der Waals surface area contributed by atoms with Crippen molar-refractivity contribution in [3.05, 3.63) is 41.0 Å². The first-order valence-electron chi connectivity index (χ1n) is 4.85. The van der Waals surface area contributed by atoms with Crippen molar-refractivity contribution in [2.45, 2.75) is 19.5 Å². The van der Waals surface area contributed by atoms with Crippen molar-refractivity contribution in [1.82, 2.24) is 0 Å². The van der Waals surface area contributed by atoms with E-state index in [-0.39, 0.29) is 0 Å². The van der Waals surface area contributed by atoms with E-state index < -0.39 is 11.7 Å². The fraction of sp³-hybridized carbons (Fsp3) is 0.333. The summed E-state index contributed by atoms with van der Waals surface area (Å²) >= 11 is 0. The maximum atomic E-state index is 12.4. The van der Waals surface area contributed by atoms with E-state index in [4.69, 9.17) is 0 Å². The molecule has 0 saturated heterocycles. The zero-order valence-electron chi connectivity index (χ0n) is 8.31. The van der Waals surface area contributed by atoms with E-state index in [1.165, 1.54) is 6.07 Å². The van der Waals surface area contributed by atoms with E-state index in [9.17, 15) is 13.2 Å². The zero-order chi connectivity index (χ0) is 11.1. The summed E-state index contributed by atoms with van der Waals surface area (Å²) in [5, 5.41) is 0. The van der Waals surface area contributed by atoms with Crippen LogP contribution in [0.15, 0.2) is 24.3 Å². The number of benzene rings is 1. The first-order valence-corrected chi connectivity index (χ1v) is 4.85. The van der Waals surface area contributed by atoms with E-state index in [1.807, 2.05) is 6.08 Å². The van der Waals surface area contributed by atoms with Crippen molar-refractivity contribution in [1.29, 1.82) is 0 Å². The maximum absolute atomic E-state index is 12.4. The second-order valence-electron chi connectivity index (χ2n) is 3.95. The normalized spacial score (nSPS) is 20.1. The Bertz CT molecular complexity index is 402. The third-order valence-electron chi connectivity index (χ3n) is 2.62. The molecule has 0 heterocycles. The molecule has 0 bridgehead atoms. The number of rotatable bonds is 0. The lowest BCUT2D eigenvalue weighted by Crippen LogP contribution is -2.08. The van der Waals surface area contributed by atoms with Gasteiger partial charge in [-0.3, -0.25) is 0 Å². The predicted octanol–water partition coefficient (Wildman–Crippen LogP) is 3.91. The molecule has 0 saturated carbocycles. The SMILES string of the molecule is CC1C=Cc2cc(C(F)(F)F)ccc2C1. The Labute approximate surface area is 86.4 Å². The molecular formula is C12H11F3. The van der Waals surface area contributed by atoms with Gasteiger partial charge in [-0.25, -0.2) is 0 Å². The molecule has 15 heavy (non-hydrogen) atoms. The lowest BCUT2D eigenvalue weighted by molar-refractivity contribution is -0.137. The topological polar surface area (TPSA) is 0 Å². The molecule has 0 radical (unpaired) electrons. The van der Waals surface area contributed by atoms with Gasteiger partial charge in [0.15, 0.2) is 0 Å². The van der Waals surface area contributed by atoms with Gasteiger partial charge in [0.1, 0.15) is 0 Å². The molecule has 0 N–H and O–H groups in total. The van der Waals surface area contributed by atoms with Gasteiger partial charge in [-0.2, -0.15) is 13.2 Å². The van der Waals surface area contributed by atoms with Gasteiger partial charge in [-0.1, -0.05) is 25.1 Å². The lowest BCUT2D eigenvalue weighted by atomic mass is 9.90. The summed E-state index contributed by atoms with van der Waals surface area (Å²) in [6, 6.07) is 3.96. The molecule has 0 spiro atoms. The Morgan fingerprint density at radius 3 is 2.67 bits per heavy atom. The van der Waals surface area contributed by atoms with Crippen molar-refractivity contribution >= 4 is 6.08 Å². The Morgan fingerprint density at radius 1 is 1.27 bits per heavy atom. The van der Waals surface area contributed by atoms with Gasteiger partial charge >= 0.3 is 6.18 Å².